The van der Waals surface area contributed by atoms with Crippen molar-refractivity contribution in [2.45, 2.75) is 27.4 Å². The van der Waals surface area contributed by atoms with Crippen molar-refractivity contribution in [2.75, 3.05) is 6.61 Å². The molecule has 0 aliphatic carbocycles. The van der Waals surface area contributed by atoms with Gasteiger partial charge in [-0.3, -0.25) is 0 Å². The largest absolute Gasteiger partial charge is 0.376 e. The van der Waals surface area contributed by atoms with Gasteiger partial charge in [0.15, 0.2) is 0 Å². The minimum atomic E-state index is -0.0170. The molecule has 0 heterocycles. The Morgan fingerprint density at radius 3 is 2.44 bits per heavy atom. The van der Waals surface area contributed by atoms with Gasteiger partial charge in [-0.25, -0.2) is 0 Å². The summed E-state index contributed by atoms with van der Waals surface area (Å²) in [5.41, 5.74) is 5.03. The fourth-order valence-electron chi connectivity index (χ4n) is 2.62. The molecule has 0 aliphatic rings. The Balaban J connectivity index is 2.02. The quantitative estimate of drug-likeness (QED) is 0.389. The van der Waals surface area contributed by atoms with E-state index in [2.05, 4.69) is 101 Å². The van der Waals surface area contributed by atoms with Crippen LogP contribution < -0.4 is 0 Å². The second-order valence-corrected chi connectivity index (χ2v) is 9.53. The maximum absolute atomic E-state index is 6.02. The van der Waals surface area contributed by atoms with Crippen LogP contribution in [0.3, 0.4) is 0 Å². The van der Waals surface area contributed by atoms with Crippen molar-refractivity contribution in [3.63, 3.8) is 0 Å². The summed E-state index contributed by atoms with van der Waals surface area (Å²) >= 11 is 6.71. The summed E-state index contributed by atoms with van der Waals surface area (Å²) in [5.74, 6) is 0. The summed E-state index contributed by atoms with van der Waals surface area (Å²) in [4.78, 5) is 0. The van der Waals surface area contributed by atoms with E-state index in [0.717, 1.165) is 3.39 Å². The van der Waals surface area contributed by atoms with Gasteiger partial charge in [-0.1, -0.05) is 74.5 Å². The summed E-state index contributed by atoms with van der Waals surface area (Å²) < 4.78 is 6.95. The maximum Gasteiger partial charge on any atom is 0.0720 e. The van der Waals surface area contributed by atoms with Gasteiger partial charge in [0.2, 0.25) is 0 Å². The molecule has 2 aromatic rings. The molecule has 0 spiro atoms. The van der Waals surface area contributed by atoms with Gasteiger partial charge in [-0.05, 0) is 67.1 Å². The monoisotopic (exact) mass is 462 g/mol. The summed E-state index contributed by atoms with van der Waals surface area (Å²) in [6, 6.07) is 16.9. The molecule has 0 atom stereocenters. The molecule has 0 aliphatic heterocycles. The lowest BCUT2D eigenvalue weighted by Crippen LogP contribution is -2.16. The molecule has 0 radical (unpaired) electrons. The molecule has 132 valence electrons. The molecule has 2 rings (SSSR count). The number of benzene rings is 2. The van der Waals surface area contributed by atoms with Crippen molar-refractivity contribution in [1.82, 2.24) is 0 Å². The Kier molecular flexibility index (Phi) is 7.67. The highest BCUT2D eigenvalue weighted by Crippen LogP contribution is 2.26. The first-order valence-electron chi connectivity index (χ1n) is 8.31. The Morgan fingerprint density at radius 1 is 1.04 bits per heavy atom. The normalized spacial score (nSPS) is 11.7. The lowest BCUT2D eigenvalue weighted by Gasteiger charge is -2.20. The van der Waals surface area contributed by atoms with Crippen molar-refractivity contribution in [3.05, 3.63) is 81.3 Å². The highest BCUT2D eigenvalue weighted by atomic mass is 79.9. The molecule has 0 saturated carbocycles. The van der Waals surface area contributed by atoms with E-state index < -0.39 is 0 Å². The molecule has 0 aromatic heterocycles. The zero-order valence-corrected chi connectivity index (χ0v) is 18.1. The highest BCUT2D eigenvalue weighted by molar-refractivity contribution is 9.28. The molecule has 1 nitrogen and oxygen atoms in total. The van der Waals surface area contributed by atoms with Crippen LogP contribution in [0, 0.1) is 12.3 Å². The average molecular weight is 464 g/mol. The predicted molar refractivity (Wildman–Crippen MR) is 115 cm³/mol. The van der Waals surface area contributed by atoms with Crippen molar-refractivity contribution < 1.29 is 4.74 Å². The Hall–Kier alpha value is -1.16. The molecule has 0 unspecified atom stereocenters. The van der Waals surface area contributed by atoms with E-state index in [0.29, 0.717) is 13.2 Å². The second-order valence-electron chi connectivity index (χ2n) is 6.75. The molecule has 0 saturated heterocycles. The van der Waals surface area contributed by atoms with Crippen LogP contribution in [-0.4, -0.2) is 6.61 Å². The zero-order valence-electron chi connectivity index (χ0n) is 14.9. The topological polar surface area (TPSA) is 9.23 Å². The standard InChI is InChI=1S/C22H24Br2O/c1-17-19(11-7-12-20(17)18-9-5-4-6-10-18)15-25-16-22(2,3)14-8-13-21(23)24/h4-14H,15-16H2,1-3H3. The van der Waals surface area contributed by atoms with E-state index in [1.54, 1.807) is 0 Å². The predicted octanol–water partition coefficient (Wildman–Crippen LogP) is 7.39. The number of rotatable bonds is 7. The van der Waals surface area contributed by atoms with Crippen LogP contribution in [0.1, 0.15) is 25.0 Å². The SMILES string of the molecule is Cc1c(COCC(C)(C)C=CC=C(Br)Br)cccc1-c1ccccc1. The summed E-state index contributed by atoms with van der Waals surface area (Å²) in [5, 5.41) is 0. The smallest absolute Gasteiger partial charge is 0.0720 e. The van der Waals surface area contributed by atoms with Gasteiger partial charge >= 0.3 is 0 Å². The lowest BCUT2D eigenvalue weighted by molar-refractivity contribution is 0.0714. The first-order valence-corrected chi connectivity index (χ1v) is 9.90. The molecule has 2 aromatic carbocycles. The van der Waals surface area contributed by atoms with Crippen LogP contribution in [0.5, 0.6) is 0 Å². The number of allylic oxidation sites excluding steroid dienone is 2. The van der Waals surface area contributed by atoms with Crippen LogP contribution in [-0.2, 0) is 11.3 Å². The summed E-state index contributed by atoms with van der Waals surface area (Å²) in [6.07, 6.45) is 6.15. The number of hydrogen-bond donors (Lipinski definition) is 0. The lowest BCUT2D eigenvalue weighted by atomic mass is 9.94. The van der Waals surface area contributed by atoms with Gasteiger partial charge in [0.25, 0.3) is 0 Å². The van der Waals surface area contributed by atoms with Gasteiger partial charge in [0.1, 0.15) is 0 Å². The Morgan fingerprint density at radius 2 is 1.76 bits per heavy atom. The zero-order chi connectivity index (χ0) is 18.3. The van der Waals surface area contributed by atoms with Gasteiger partial charge < -0.3 is 4.74 Å². The van der Waals surface area contributed by atoms with Gasteiger partial charge in [-0.2, -0.15) is 0 Å². The van der Waals surface area contributed by atoms with E-state index >= 15 is 0 Å². The van der Waals surface area contributed by atoms with E-state index in [-0.39, 0.29) is 5.41 Å². The molecule has 3 heteroatoms. The van der Waals surface area contributed by atoms with E-state index in [1.165, 1.54) is 22.3 Å². The van der Waals surface area contributed by atoms with Crippen molar-refractivity contribution >= 4 is 31.9 Å². The van der Waals surface area contributed by atoms with Crippen molar-refractivity contribution in [1.29, 1.82) is 0 Å². The third-order valence-corrected chi connectivity index (χ3v) is 4.56. The van der Waals surface area contributed by atoms with Gasteiger partial charge in [-0.15, -0.1) is 0 Å². The first-order chi connectivity index (χ1) is 11.9. The van der Waals surface area contributed by atoms with E-state index in [4.69, 9.17) is 4.74 Å². The summed E-state index contributed by atoms with van der Waals surface area (Å²) in [7, 11) is 0. The molecule has 25 heavy (non-hydrogen) atoms. The van der Waals surface area contributed by atoms with Crippen LogP contribution in [0.15, 0.2) is 70.2 Å². The number of ether oxygens (including phenoxy) is 1. The first kappa shape index (κ1) is 20.2. The third-order valence-electron chi connectivity index (χ3n) is 4.03. The highest BCUT2D eigenvalue weighted by Gasteiger charge is 2.14. The molecule has 0 fully saturated rings. The fourth-order valence-corrected chi connectivity index (χ4v) is 2.93. The third kappa shape index (κ3) is 6.58. The van der Waals surface area contributed by atoms with Crippen LogP contribution in [0.4, 0.5) is 0 Å². The fraction of sp³-hybridized carbons (Fsp3) is 0.273. The van der Waals surface area contributed by atoms with Crippen molar-refractivity contribution in [2.24, 2.45) is 5.41 Å². The van der Waals surface area contributed by atoms with Crippen molar-refractivity contribution in [3.8, 4) is 11.1 Å². The Labute approximate surface area is 168 Å². The van der Waals surface area contributed by atoms with Crippen LogP contribution in [0.25, 0.3) is 11.1 Å². The Bertz CT molecular complexity index is 742. The molecular formula is C22H24Br2O. The minimum absolute atomic E-state index is 0.0170. The minimum Gasteiger partial charge on any atom is -0.376 e. The van der Waals surface area contributed by atoms with E-state index in [9.17, 15) is 0 Å². The average Bonchev–Trinajstić information content (AvgIpc) is 2.56. The number of hydrogen-bond acceptors (Lipinski definition) is 1. The molecule has 0 amide bonds. The molecular weight excluding hydrogens is 440 g/mol. The maximum atomic E-state index is 6.02. The van der Waals surface area contributed by atoms with Gasteiger partial charge in [0.05, 0.1) is 16.6 Å². The van der Waals surface area contributed by atoms with E-state index in [1.807, 2.05) is 18.2 Å². The molecule has 0 N–H and O–H groups in total. The van der Waals surface area contributed by atoms with Crippen LogP contribution in [0.2, 0.25) is 0 Å². The molecule has 0 bridgehead atoms. The second kappa shape index (κ2) is 9.51. The van der Waals surface area contributed by atoms with Crippen LogP contribution >= 0.6 is 31.9 Å². The van der Waals surface area contributed by atoms with Gasteiger partial charge in [0, 0.05) is 5.41 Å². The number of halogens is 2. The summed E-state index contributed by atoms with van der Waals surface area (Å²) in [6.45, 7) is 7.82.